The second kappa shape index (κ2) is 3.92. The Kier molecular flexibility index (Phi) is 2.88. The summed E-state index contributed by atoms with van der Waals surface area (Å²) in [4.78, 5) is 0. The van der Waals surface area contributed by atoms with Crippen LogP contribution in [0.5, 0.6) is 0 Å². The number of nitrogens with zero attached hydrogens (tertiary/aromatic N) is 1. The molecule has 0 aliphatic carbocycles. The maximum Gasteiger partial charge on any atom is 0.101 e. The molecular weight excluding hydrogens is 162 g/mol. The highest BCUT2D eigenvalue weighted by Gasteiger charge is 2.04. The van der Waals surface area contributed by atoms with Crippen molar-refractivity contribution in [2.45, 2.75) is 13.0 Å². The topological polar surface area (TPSA) is 61.8 Å². The van der Waals surface area contributed by atoms with Gasteiger partial charge in [0.05, 0.1) is 5.56 Å². The molecule has 0 aliphatic heterocycles. The smallest absolute Gasteiger partial charge is 0.101 e. The normalized spacial score (nSPS) is 12.1. The fraction of sp³-hybridized carbons (Fsp3) is 0.300. The van der Waals surface area contributed by atoms with Gasteiger partial charge in [-0.05, 0) is 31.7 Å². The summed E-state index contributed by atoms with van der Waals surface area (Å²) in [5.74, 6) is 0. The van der Waals surface area contributed by atoms with Crippen molar-refractivity contribution in [1.29, 1.82) is 5.26 Å². The minimum atomic E-state index is 0.243. The zero-order valence-corrected chi connectivity index (χ0v) is 7.83. The molecule has 3 nitrogen and oxygen atoms in total. The molecule has 0 bridgehead atoms. The molecule has 1 atom stereocenters. The summed E-state index contributed by atoms with van der Waals surface area (Å²) in [7, 11) is 1.88. The van der Waals surface area contributed by atoms with E-state index in [0.29, 0.717) is 11.3 Å². The molecule has 1 aromatic carbocycles. The van der Waals surface area contributed by atoms with Crippen molar-refractivity contribution in [3.8, 4) is 6.07 Å². The van der Waals surface area contributed by atoms with Crippen LogP contribution in [-0.2, 0) is 0 Å². The number of rotatable bonds is 2. The molecule has 0 heterocycles. The third-order valence-electron chi connectivity index (χ3n) is 2.13. The highest BCUT2D eigenvalue weighted by Crippen LogP contribution is 2.17. The van der Waals surface area contributed by atoms with Gasteiger partial charge in [0, 0.05) is 11.7 Å². The van der Waals surface area contributed by atoms with E-state index in [0.717, 1.165) is 5.56 Å². The molecule has 1 aromatic rings. The zero-order valence-electron chi connectivity index (χ0n) is 7.83. The van der Waals surface area contributed by atoms with Crippen LogP contribution in [0.25, 0.3) is 0 Å². The number of nitrogen functional groups attached to an aromatic ring is 1. The predicted octanol–water partition coefficient (Wildman–Crippen LogP) is 1.42. The molecule has 0 aromatic heterocycles. The molecule has 0 saturated carbocycles. The van der Waals surface area contributed by atoms with Crippen LogP contribution in [0.1, 0.15) is 24.1 Å². The highest BCUT2D eigenvalue weighted by molar-refractivity contribution is 5.55. The van der Waals surface area contributed by atoms with E-state index in [1.807, 2.05) is 26.1 Å². The molecule has 3 N–H and O–H groups in total. The molecule has 3 heteroatoms. The Labute approximate surface area is 78.2 Å². The first-order valence-electron chi connectivity index (χ1n) is 4.16. The molecule has 13 heavy (non-hydrogen) atoms. The standard InChI is InChI=1S/C10H13N3/c1-7(13-2)8-3-4-10(12)9(5-8)6-11/h3-5,7,13H,12H2,1-2H3/t7-/m1/s1. The van der Waals surface area contributed by atoms with Crippen molar-refractivity contribution in [2.75, 3.05) is 12.8 Å². The molecule has 0 unspecified atom stereocenters. The van der Waals surface area contributed by atoms with E-state index in [1.54, 1.807) is 6.07 Å². The lowest BCUT2D eigenvalue weighted by Gasteiger charge is -2.11. The van der Waals surface area contributed by atoms with Crippen LogP contribution in [-0.4, -0.2) is 7.05 Å². The molecule has 0 saturated heterocycles. The number of hydrogen-bond donors (Lipinski definition) is 2. The number of nitrogens with one attached hydrogen (secondary N) is 1. The monoisotopic (exact) mass is 175 g/mol. The van der Waals surface area contributed by atoms with Crippen LogP contribution in [0.4, 0.5) is 5.69 Å². The third kappa shape index (κ3) is 1.98. The Balaban J connectivity index is 3.08. The summed E-state index contributed by atoms with van der Waals surface area (Å²) >= 11 is 0. The first-order valence-corrected chi connectivity index (χ1v) is 4.16. The minimum Gasteiger partial charge on any atom is -0.398 e. The summed E-state index contributed by atoms with van der Waals surface area (Å²) in [6.45, 7) is 2.03. The van der Waals surface area contributed by atoms with Crippen molar-refractivity contribution in [3.05, 3.63) is 29.3 Å². The number of anilines is 1. The lowest BCUT2D eigenvalue weighted by Crippen LogP contribution is -2.12. The van der Waals surface area contributed by atoms with E-state index in [-0.39, 0.29) is 6.04 Å². The van der Waals surface area contributed by atoms with Crippen molar-refractivity contribution in [1.82, 2.24) is 5.32 Å². The van der Waals surface area contributed by atoms with Crippen LogP contribution in [0.3, 0.4) is 0 Å². The lowest BCUT2D eigenvalue weighted by molar-refractivity contribution is 0.652. The van der Waals surface area contributed by atoms with Gasteiger partial charge in [0.25, 0.3) is 0 Å². The summed E-state index contributed by atoms with van der Waals surface area (Å²) in [6, 6.07) is 7.81. The number of nitrogens with two attached hydrogens (primary N) is 1. The molecule has 68 valence electrons. The summed E-state index contributed by atoms with van der Waals surface area (Å²) < 4.78 is 0. The van der Waals surface area contributed by atoms with Gasteiger partial charge in [-0.2, -0.15) is 5.26 Å². The average Bonchev–Trinajstić information content (AvgIpc) is 2.17. The Morgan fingerprint density at radius 3 is 2.77 bits per heavy atom. The van der Waals surface area contributed by atoms with E-state index in [2.05, 4.69) is 11.4 Å². The Morgan fingerprint density at radius 2 is 2.23 bits per heavy atom. The summed E-state index contributed by atoms with van der Waals surface area (Å²) in [5.41, 5.74) is 7.75. The fourth-order valence-electron chi connectivity index (χ4n) is 1.11. The molecule has 0 fully saturated rings. The van der Waals surface area contributed by atoms with Crippen LogP contribution < -0.4 is 11.1 Å². The molecule has 0 aliphatic rings. The number of benzene rings is 1. The van der Waals surface area contributed by atoms with Crippen molar-refractivity contribution < 1.29 is 0 Å². The Bertz CT molecular complexity index is 339. The number of hydrogen-bond acceptors (Lipinski definition) is 3. The van der Waals surface area contributed by atoms with E-state index in [4.69, 9.17) is 11.0 Å². The minimum absolute atomic E-state index is 0.243. The van der Waals surface area contributed by atoms with Gasteiger partial charge >= 0.3 is 0 Å². The molecular formula is C10H13N3. The van der Waals surface area contributed by atoms with Gasteiger partial charge in [-0.25, -0.2) is 0 Å². The van der Waals surface area contributed by atoms with Crippen LogP contribution in [0, 0.1) is 11.3 Å². The maximum atomic E-state index is 8.75. The van der Waals surface area contributed by atoms with Crippen molar-refractivity contribution in [2.24, 2.45) is 0 Å². The van der Waals surface area contributed by atoms with Crippen LogP contribution in [0.2, 0.25) is 0 Å². The van der Waals surface area contributed by atoms with Gasteiger partial charge < -0.3 is 11.1 Å². The highest BCUT2D eigenvalue weighted by atomic mass is 14.8. The van der Waals surface area contributed by atoms with Gasteiger partial charge in [-0.15, -0.1) is 0 Å². The van der Waals surface area contributed by atoms with Gasteiger partial charge in [-0.3, -0.25) is 0 Å². The van der Waals surface area contributed by atoms with Crippen LogP contribution in [0.15, 0.2) is 18.2 Å². The van der Waals surface area contributed by atoms with Gasteiger partial charge in [0.2, 0.25) is 0 Å². The zero-order chi connectivity index (χ0) is 9.84. The first kappa shape index (κ1) is 9.56. The van der Waals surface area contributed by atoms with Crippen molar-refractivity contribution in [3.63, 3.8) is 0 Å². The fourth-order valence-corrected chi connectivity index (χ4v) is 1.11. The second-order valence-corrected chi connectivity index (χ2v) is 2.97. The van der Waals surface area contributed by atoms with E-state index in [9.17, 15) is 0 Å². The van der Waals surface area contributed by atoms with E-state index < -0.39 is 0 Å². The van der Waals surface area contributed by atoms with Crippen LogP contribution >= 0.6 is 0 Å². The van der Waals surface area contributed by atoms with E-state index in [1.165, 1.54) is 0 Å². The average molecular weight is 175 g/mol. The maximum absolute atomic E-state index is 8.75. The van der Waals surface area contributed by atoms with Gasteiger partial charge in [0.15, 0.2) is 0 Å². The second-order valence-electron chi connectivity index (χ2n) is 2.97. The van der Waals surface area contributed by atoms with E-state index >= 15 is 0 Å². The summed E-state index contributed by atoms with van der Waals surface area (Å²) in [5, 5.41) is 11.8. The number of nitriles is 1. The van der Waals surface area contributed by atoms with Gasteiger partial charge in [0.1, 0.15) is 6.07 Å². The summed E-state index contributed by atoms with van der Waals surface area (Å²) in [6.07, 6.45) is 0. The molecule has 1 rings (SSSR count). The van der Waals surface area contributed by atoms with Crippen molar-refractivity contribution >= 4 is 5.69 Å². The molecule has 0 radical (unpaired) electrons. The third-order valence-corrected chi connectivity index (χ3v) is 2.13. The predicted molar refractivity (Wildman–Crippen MR) is 53.0 cm³/mol. The van der Waals surface area contributed by atoms with Gasteiger partial charge in [-0.1, -0.05) is 6.07 Å². The molecule has 0 amide bonds. The first-order chi connectivity index (χ1) is 6.19. The largest absolute Gasteiger partial charge is 0.398 e. The SMILES string of the molecule is CN[C@H](C)c1ccc(N)c(C#N)c1. The lowest BCUT2D eigenvalue weighted by atomic mass is 10.0. The Morgan fingerprint density at radius 1 is 1.54 bits per heavy atom. The Hall–Kier alpha value is -1.53. The quantitative estimate of drug-likeness (QED) is 0.668. The molecule has 0 spiro atoms.